The largest absolute Gasteiger partial charge is 0.481 e. The number of carboxylic acid groups (broad SMARTS) is 1. The van der Waals surface area contributed by atoms with Gasteiger partial charge < -0.3 is 10.4 Å². The molecule has 0 spiro atoms. The van der Waals surface area contributed by atoms with E-state index in [9.17, 15) is 19.7 Å². The van der Waals surface area contributed by atoms with Gasteiger partial charge in [0, 0.05) is 24.1 Å². The van der Waals surface area contributed by atoms with Crippen LogP contribution in [0, 0.1) is 10.1 Å². The normalized spacial score (nSPS) is 11.6. The van der Waals surface area contributed by atoms with E-state index in [0.29, 0.717) is 12.8 Å². The molecule has 0 radical (unpaired) electrons. The van der Waals surface area contributed by atoms with Crippen molar-refractivity contribution in [2.24, 2.45) is 0 Å². The molecule has 0 aliphatic rings. The number of carboxylic acids is 1. The molecule has 2 aromatic carbocycles. The van der Waals surface area contributed by atoms with Crippen molar-refractivity contribution in [3.63, 3.8) is 0 Å². The molecule has 2 N–H and O–H groups in total. The van der Waals surface area contributed by atoms with Crippen molar-refractivity contribution in [3.8, 4) is 0 Å². The SMILES string of the molecule is CC(=O)c1ccc(NC(CCC(=O)O)Cc2ccccc2)c([N+](=O)[O-])c1. The van der Waals surface area contributed by atoms with Crippen LogP contribution in [0.2, 0.25) is 0 Å². The number of nitrogens with one attached hydrogen (secondary N) is 1. The number of ketones is 1. The van der Waals surface area contributed by atoms with E-state index in [1.165, 1.54) is 25.1 Å². The number of nitro groups is 1. The van der Waals surface area contributed by atoms with Crippen LogP contribution in [-0.4, -0.2) is 27.8 Å². The summed E-state index contributed by atoms with van der Waals surface area (Å²) in [5.74, 6) is -1.18. The second kappa shape index (κ2) is 8.75. The minimum atomic E-state index is -0.925. The van der Waals surface area contributed by atoms with Crippen molar-refractivity contribution in [2.75, 3.05) is 5.32 Å². The predicted molar refractivity (Wildman–Crippen MR) is 97.5 cm³/mol. The first-order chi connectivity index (χ1) is 12.4. The zero-order chi connectivity index (χ0) is 19.1. The second-order valence-electron chi connectivity index (χ2n) is 6.01. The van der Waals surface area contributed by atoms with Crippen molar-refractivity contribution in [1.82, 2.24) is 0 Å². The Bertz CT molecular complexity index is 805. The molecule has 1 unspecified atom stereocenters. The van der Waals surface area contributed by atoms with Crippen LogP contribution in [-0.2, 0) is 11.2 Å². The van der Waals surface area contributed by atoms with Gasteiger partial charge in [0.2, 0.25) is 0 Å². The van der Waals surface area contributed by atoms with Crippen LogP contribution in [0.5, 0.6) is 0 Å². The summed E-state index contributed by atoms with van der Waals surface area (Å²) >= 11 is 0. The number of hydrogen-bond donors (Lipinski definition) is 2. The fourth-order valence-corrected chi connectivity index (χ4v) is 2.67. The number of anilines is 1. The lowest BCUT2D eigenvalue weighted by atomic mass is 10.0. The van der Waals surface area contributed by atoms with Crippen molar-refractivity contribution in [2.45, 2.75) is 32.2 Å². The monoisotopic (exact) mass is 356 g/mol. The van der Waals surface area contributed by atoms with Crippen LogP contribution < -0.4 is 5.32 Å². The third-order valence-corrected chi connectivity index (χ3v) is 3.99. The van der Waals surface area contributed by atoms with Crippen LogP contribution >= 0.6 is 0 Å². The zero-order valence-electron chi connectivity index (χ0n) is 14.3. The number of carbonyl (C=O) groups excluding carboxylic acids is 1. The quantitative estimate of drug-likeness (QED) is 0.403. The number of rotatable bonds is 9. The van der Waals surface area contributed by atoms with Crippen molar-refractivity contribution in [3.05, 3.63) is 69.8 Å². The fraction of sp³-hybridized carbons (Fsp3) is 0.263. The maximum absolute atomic E-state index is 11.5. The summed E-state index contributed by atoms with van der Waals surface area (Å²) in [6, 6.07) is 13.4. The Morgan fingerprint density at radius 2 is 1.88 bits per heavy atom. The average molecular weight is 356 g/mol. The Kier molecular flexibility index (Phi) is 6.43. The molecule has 26 heavy (non-hydrogen) atoms. The number of carbonyl (C=O) groups is 2. The first-order valence-electron chi connectivity index (χ1n) is 8.18. The van der Waals surface area contributed by atoms with Gasteiger partial charge in [-0.05, 0) is 37.5 Å². The molecule has 1 atom stereocenters. The highest BCUT2D eigenvalue weighted by atomic mass is 16.6. The van der Waals surface area contributed by atoms with Crippen LogP contribution in [0.15, 0.2) is 48.5 Å². The lowest BCUT2D eigenvalue weighted by molar-refractivity contribution is -0.384. The predicted octanol–water partition coefficient (Wildman–Crippen LogP) is 3.69. The highest BCUT2D eigenvalue weighted by Crippen LogP contribution is 2.27. The molecule has 0 bridgehead atoms. The lowest BCUT2D eigenvalue weighted by Gasteiger charge is -2.19. The molecular weight excluding hydrogens is 336 g/mol. The van der Waals surface area contributed by atoms with Crippen molar-refractivity contribution in [1.29, 1.82) is 0 Å². The summed E-state index contributed by atoms with van der Waals surface area (Å²) in [5.41, 5.74) is 1.32. The fourth-order valence-electron chi connectivity index (χ4n) is 2.67. The molecule has 7 heteroatoms. The number of Topliss-reactive ketones (excluding diaryl/α,β-unsaturated/α-hetero) is 1. The molecule has 0 amide bonds. The number of benzene rings is 2. The smallest absolute Gasteiger partial charge is 0.303 e. The number of nitro benzene ring substituents is 1. The Labute approximate surface area is 150 Å². The van der Waals surface area contributed by atoms with E-state index in [1.54, 1.807) is 0 Å². The first kappa shape index (κ1) is 19.1. The van der Waals surface area contributed by atoms with E-state index in [4.69, 9.17) is 5.11 Å². The maximum Gasteiger partial charge on any atom is 0.303 e. The van der Waals surface area contributed by atoms with Gasteiger partial charge in [-0.1, -0.05) is 30.3 Å². The maximum atomic E-state index is 11.5. The third-order valence-electron chi connectivity index (χ3n) is 3.99. The van der Waals surface area contributed by atoms with E-state index in [-0.39, 0.29) is 35.2 Å². The summed E-state index contributed by atoms with van der Waals surface area (Å²) in [6.45, 7) is 1.34. The van der Waals surface area contributed by atoms with Crippen LogP contribution in [0.25, 0.3) is 0 Å². The Morgan fingerprint density at radius 3 is 2.46 bits per heavy atom. The molecule has 136 valence electrons. The molecule has 7 nitrogen and oxygen atoms in total. The summed E-state index contributed by atoms with van der Waals surface area (Å²) in [6.07, 6.45) is 0.791. The molecule has 0 fully saturated rings. The summed E-state index contributed by atoms with van der Waals surface area (Å²) in [7, 11) is 0. The molecule has 0 aromatic heterocycles. The van der Waals surface area contributed by atoms with Gasteiger partial charge in [-0.15, -0.1) is 0 Å². The van der Waals surface area contributed by atoms with Gasteiger partial charge in [-0.3, -0.25) is 19.7 Å². The molecule has 0 heterocycles. The van der Waals surface area contributed by atoms with Crippen LogP contribution in [0.4, 0.5) is 11.4 Å². The molecule has 2 rings (SSSR count). The second-order valence-corrected chi connectivity index (χ2v) is 6.01. The highest BCUT2D eigenvalue weighted by molar-refractivity contribution is 5.95. The van der Waals surface area contributed by atoms with Crippen LogP contribution in [0.3, 0.4) is 0 Å². The van der Waals surface area contributed by atoms with E-state index >= 15 is 0 Å². The number of nitrogens with zero attached hydrogens (tertiary/aromatic N) is 1. The van der Waals surface area contributed by atoms with Gasteiger partial charge in [-0.25, -0.2) is 0 Å². The van der Waals surface area contributed by atoms with Crippen LogP contribution in [0.1, 0.15) is 35.7 Å². The van der Waals surface area contributed by atoms with Gasteiger partial charge in [0.25, 0.3) is 5.69 Å². The van der Waals surface area contributed by atoms with Crippen molar-refractivity contribution < 1.29 is 19.6 Å². The van der Waals surface area contributed by atoms with E-state index in [1.807, 2.05) is 30.3 Å². The molecule has 0 aliphatic heterocycles. The number of hydrogen-bond acceptors (Lipinski definition) is 5. The van der Waals surface area contributed by atoms with Gasteiger partial charge in [-0.2, -0.15) is 0 Å². The average Bonchev–Trinajstić information content (AvgIpc) is 2.60. The Morgan fingerprint density at radius 1 is 1.19 bits per heavy atom. The van der Waals surface area contributed by atoms with E-state index in [2.05, 4.69) is 5.32 Å². The molecule has 0 saturated heterocycles. The lowest BCUT2D eigenvalue weighted by Crippen LogP contribution is -2.24. The Hall–Kier alpha value is -3.22. The van der Waals surface area contributed by atoms with Gasteiger partial charge >= 0.3 is 5.97 Å². The zero-order valence-corrected chi connectivity index (χ0v) is 14.3. The van der Waals surface area contributed by atoms with Gasteiger partial charge in [0.1, 0.15) is 5.69 Å². The number of aliphatic carboxylic acids is 1. The summed E-state index contributed by atoms with van der Waals surface area (Å²) in [4.78, 5) is 33.2. The highest BCUT2D eigenvalue weighted by Gasteiger charge is 2.20. The van der Waals surface area contributed by atoms with E-state index in [0.717, 1.165) is 5.56 Å². The first-order valence-corrected chi connectivity index (χ1v) is 8.18. The molecule has 2 aromatic rings. The van der Waals surface area contributed by atoms with Crippen molar-refractivity contribution >= 4 is 23.1 Å². The molecule has 0 aliphatic carbocycles. The van der Waals surface area contributed by atoms with Gasteiger partial charge in [0.15, 0.2) is 5.78 Å². The minimum absolute atomic E-state index is 0.0518. The topological polar surface area (TPSA) is 110 Å². The van der Waals surface area contributed by atoms with Gasteiger partial charge in [0.05, 0.1) is 4.92 Å². The Balaban J connectivity index is 2.27. The minimum Gasteiger partial charge on any atom is -0.481 e. The van der Waals surface area contributed by atoms with E-state index < -0.39 is 10.9 Å². The standard InChI is InChI=1S/C19H20N2O5/c1-13(22)15-7-9-17(18(12-15)21(25)26)20-16(8-10-19(23)24)11-14-5-3-2-4-6-14/h2-7,9,12,16,20H,8,10-11H2,1H3,(H,23,24). The summed E-state index contributed by atoms with van der Waals surface area (Å²) < 4.78 is 0. The molecule has 0 saturated carbocycles. The summed E-state index contributed by atoms with van der Waals surface area (Å²) in [5, 5.41) is 23.4. The molecular formula is C19H20N2O5. The third kappa shape index (κ3) is 5.41.